The third kappa shape index (κ3) is 2.99. The van der Waals surface area contributed by atoms with Gasteiger partial charge < -0.3 is 15.6 Å². The van der Waals surface area contributed by atoms with Crippen LogP contribution in [0.5, 0.6) is 0 Å². The number of hydrogen-bond acceptors (Lipinski definition) is 2. The Morgan fingerprint density at radius 3 is 2.71 bits per heavy atom. The van der Waals surface area contributed by atoms with E-state index >= 15 is 4.39 Å². The molecule has 0 bridgehead atoms. The lowest BCUT2D eigenvalue weighted by molar-refractivity contribution is -0.126. The number of fused-ring (bicyclic) bond motifs is 4. The number of carbonyl (C=O) groups excluding carboxylic acids is 2. The fourth-order valence-electron chi connectivity index (χ4n) is 4.50. The number of nitrogens with one attached hydrogen (secondary N) is 1. The Morgan fingerprint density at radius 1 is 1.13 bits per heavy atom. The largest absolute Gasteiger partial charge is 0.366 e. The van der Waals surface area contributed by atoms with Crippen molar-refractivity contribution in [2.75, 3.05) is 6.54 Å². The minimum absolute atomic E-state index is 0.118. The van der Waals surface area contributed by atoms with Crippen molar-refractivity contribution in [3.8, 4) is 11.1 Å². The molecule has 0 fully saturated rings. The van der Waals surface area contributed by atoms with Gasteiger partial charge in [-0.05, 0) is 47.4 Å². The Labute approximate surface area is 178 Å². The van der Waals surface area contributed by atoms with Gasteiger partial charge in [0, 0.05) is 34.9 Å². The first-order valence-electron chi connectivity index (χ1n) is 10.0. The quantitative estimate of drug-likeness (QED) is 0.491. The monoisotopic (exact) mass is 413 g/mol. The molecule has 4 aromatic rings. The highest BCUT2D eigenvalue weighted by Gasteiger charge is 2.23. The van der Waals surface area contributed by atoms with Crippen molar-refractivity contribution in [2.45, 2.75) is 13.0 Å². The van der Waals surface area contributed by atoms with Crippen LogP contribution in [0.25, 0.3) is 32.9 Å². The molecule has 3 N–H and O–H groups in total. The van der Waals surface area contributed by atoms with E-state index in [1.54, 1.807) is 4.90 Å². The van der Waals surface area contributed by atoms with Crippen LogP contribution in [0.1, 0.15) is 21.5 Å². The third-order valence-corrected chi connectivity index (χ3v) is 5.99. The molecule has 0 unspecified atom stereocenters. The molecule has 3 aromatic carbocycles. The fourth-order valence-corrected chi connectivity index (χ4v) is 4.50. The standard InChI is InChI=1S/C25H20FN3O2/c1-2-21(30)29-10-9-14-7-8-15(11-16(14)13-29)22-19(26)12-18(25(27)31)24-23(22)17-5-3-4-6-20(17)28-24/h2-8,11-12,28H,1,9-10,13H2,(H2,27,31). The van der Waals surface area contributed by atoms with Gasteiger partial charge in [-0.25, -0.2) is 4.39 Å². The van der Waals surface area contributed by atoms with Gasteiger partial charge in [0.15, 0.2) is 0 Å². The third-order valence-electron chi connectivity index (χ3n) is 5.99. The van der Waals surface area contributed by atoms with Crippen molar-refractivity contribution in [3.63, 3.8) is 0 Å². The number of aromatic amines is 1. The average Bonchev–Trinajstić information content (AvgIpc) is 3.16. The summed E-state index contributed by atoms with van der Waals surface area (Å²) < 4.78 is 15.4. The van der Waals surface area contributed by atoms with Gasteiger partial charge in [-0.15, -0.1) is 0 Å². The molecule has 0 atom stereocenters. The smallest absolute Gasteiger partial charge is 0.250 e. The highest BCUT2D eigenvalue weighted by atomic mass is 19.1. The van der Waals surface area contributed by atoms with E-state index in [0.717, 1.165) is 28.5 Å². The Bertz CT molecular complexity index is 1400. The summed E-state index contributed by atoms with van der Waals surface area (Å²) in [5.74, 6) is -1.32. The summed E-state index contributed by atoms with van der Waals surface area (Å²) in [6.45, 7) is 4.65. The molecular formula is C25H20FN3O2. The van der Waals surface area contributed by atoms with Crippen LogP contribution in [-0.2, 0) is 17.8 Å². The van der Waals surface area contributed by atoms with E-state index in [9.17, 15) is 9.59 Å². The van der Waals surface area contributed by atoms with Crippen molar-refractivity contribution < 1.29 is 14.0 Å². The van der Waals surface area contributed by atoms with Crippen LogP contribution in [0.15, 0.2) is 61.2 Å². The number of hydrogen-bond donors (Lipinski definition) is 2. The average molecular weight is 413 g/mol. The summed E-state index contributed by atoms with van der Waals surface area (Å²) in [7, 11) is 0. The topological polar surface area (TPSA) is 79.2 Å². The van der Waals surface area contributed by atoms with E-state index in [-0.39, 0.29) is 11.5 Å². The zero-order chi connectivity index (χ0) is 21.7. The number of benzene rings is 3. The lowest BCUT2D eigenvalue weighted by Gasteiger charge is -2.28. The lowest BCUT2D eigenvalue weighted by Crippen LogP contribution is -2.34. The first-order chi connectivity index (χ1) is 15.0. The zero-order valence-electron chi connectivity index (χ0n) is 16.7. The van der Waals surface area contributed by atoms with Gasteiger partial charge in [0.1, 0.15) is 5.82 Å². The number of aromatic nitrogens is 1. The van der Waals surface area contributed by atoms with Gasteiger partial charge in [-0.2, -0.15) is 0 Å². The van der Waals surface area contributed by atoms with E-state index < -0.39 is 11.7 Å². The number of H-pyrrole nitrogens is 1. The van der Waals surface area contributed by atoms with Crippen molar-refractivity contribution >= 4 is 33.6 Å². The number of nitrogens with two attached hydrogens (primary N) is 1. The van der Waals surface area contributed by atoms with Crippen molar-refractivity contribution in [1.82, 2.24) is 9.88 Å². The highest BCUT2D eigenvalue weighted by Crippen LogP contribution is 2.39. The molecule has 1 aromatic heterocycles. The molecule has 0 aliphatic carbocycles. The van der Waals surface area contributed by atoms with Crippen LogP contribution in [0.4, 0.5) is 4.39 Å². The van der Waals surface area contributed by atoms with Crippen molar-refractivity contribution in [1.29, 1.82) is 0 Å². The molecule has 0 spiro atoms. The molecule has 1 aliphatic rings. The Balaban J connectivity index is 1.76. The summed E-state index contributed by atoms with van der Waals surface area (Å²) in [4.78, 5) is 29.0. The molecule has 2 heterocycles. The molecule has 2 amide bonds. The van der Waals surface area contributed by atoms with Crippen molar-refractivity contribution in [2.24, 2.45) is 5.73 Å². The summed E-state index contributed by atoms with van der Waals surface area (Å²) in [5, 5.41) is 1.44. The zero-order valence-corrected chi connectivity index (χ0v) is 16.7. The number of para-hydroxylation sites is 1. The van der Waals surface area contributed by atoms with Gasteiger partial charge >= 0.3 is 0 Å². The summed E-state index contributed by atoms with van der Waals surface area (Å²) in [6.07, 6.45) is 2.05. The van der Waals surface area contributed by atoms with E-state index in [4.69, 9.17) is 5.73 Å². The minimum Gasteiger partial charge on any atom is -0.366 e. The van der Waals surface area contributed by atoms with E-state index in [1.165, 1.54) is 12.1 Å². The Morgan fingerprint density at radius 2 is 1.94 bits per heavy atom. The molecule has 1 aliphatic heterocycles. The van der Waals surface area contributed by atoms with Crippen LogP contribution in [0, 0.1) is 5.82 Å². The van der Waals surface area contributed by atoms with Crippen LogP contribution < -0.4 is 5.73 Å². The molecule has 31 heavy (non-hydrogen) atoms. The van der Waals surface area contributed by atoms with Crippen LogP contribution in [0.2, 0.25) is 0 Å². The summed E-state index contributed by atoms with van der Waals surface area (Å²) in [5.41, 5.74) is 10.2. The number of rotatable bonds is 3. The molecule has 0 saturated heterocycles. The van der Waals surface area contributed by atoms with Gasteiger partial charge in [0.25, 0.3) is 5.91 Å². The van der Waals surface area contributed by atoms with Gasteiger partial charge in [-0.1, -0.05) is 36.9 Å². The maximum absolute atomic E-state index is 15.4. The number of primary amides is 1. The van der Waals surface area contributed by atoms with Crippen LogP contribution >= 0.6 is 0 Å². The normalized spacial score (nSPS) is 13.4. The number of carbonyl (C=O) groups is 2. The minimum atomic E-state index is -0.689. The second-order valence-electron chi connectivity index (χ2n) is 7.76. The first kappa shape index (κ1) is 19.1. The molecular weight excluding hydrogens is 393 g/mol. The van der Waals surface area contributed by atoms with Gasteiger partial charge in [-0.3, -0.25) is 9.59 Å². The predicted octanol–water partition coefficient (Wildman–Crippen LogP) is 4.30. The van der Waals surface area contributed by atoms with Gasteiger partial charge in [0.2, 0.25) is 5.91 Å². The second kappa shape index (κ2) is 7.09. The number of nitrogens with zero attached hydrogens (tertiary/aromatic N) is 1. The van der Waals surface area contributed by atoms with Crippen LogP contribution in [0.3, 0.4) is 0 Å². The molecule has 0 saturated carbocycles. The van der Waals surface area contributed by atoms with Crippen LogP contribution in [-0.4, -0.2) is 28.2 Å². The predicted molar refractivity (Wildman–Crippen MR) is 119 cm³/mol. The highest BCUT2D eigenvalue weighted by molar-refractivity contribution is 6.19. The molecule has 0 radical (unpaired) electrons. The maximum atomic E-state index is 15.4. The number of halogens is 1. The van der Waals surface area contributed by atoms with Crippen molar-refractivity contribution in [3.05, 3.63) is 83.7 Å². The molecule has 154 valence electrons. The maximum Gasteiger partial charge on any atom is 0.250 e. The van der Waals surface area contributed by atoms with E-state index in [1.807, 2.05) is 42.5 Å². The van der Waals surface area contributed by atoms with E-state index in [2.05, 4.69) is 11.6 Å². The van der Waals surface area contributed by atoms with E-state index in [0.29, 0.717) is 35.1 Å². The SMILES string of the molecule is C=CC(=O)N1CCc2ccc(-c3c(F)cc(C(N)=O)c4[nH]c5ccccc5c34)cc2C1. The second-order valence-corrected chi connectivity index (χ2v) is 7.76. The Kier molecular flexibility index (Phi) is 4.36. The number of amides is 2. The molecule has 5 nitrogen and oxygen atoms in total. The first-order valence-corrected chi connectivity index (χ1v) is 10.0. The summed E-state index contributed by atoms with van der Waals surface area (Å²) in [6, 6.07) is 14.5. The fraction of sp³-hybridized carbons (Fsp3) is 0.120. The Hall–Kier alpha value is -3.93. The molecule has 6 heteroatoms. The summed E-state index contributed by atoms with van der Waals surface area (Å²) >= 11 is 0. The lowest BCUT2D eigenvalue weighted by atomic mass is 9.91. The molecule has 5 rings (SSSR count). The van der Waals surface area contributed by atoms with Gasteiger partial charge in [0.05, 0.1) is 11.1 Å².